The van der Waals surface area contributed by atoms with Gasteiger partial charge in [0.05, 0.1) is 7.11 Å². The van der Waals surface area contributed by atoms with Crippen LogP contribution in [0.1, 0.15) is 29.3 Å². The number of nitrogens with zero attached hydrogens (tertiary/aromatic N) is 1. The van der Waals surface area contributed by atoms with Gasteiger partial charge in [-0.05, 0) is 69.9 Å². The molecule has 0 saturated carbocycles. The largest absolute Gasteiger partial charge is 0.493 e. The van der Waals surface area contributed by atoms with Crippen molar-refractivity contribution in [3.8, 4) is 11.5 Å². The van der Waals surface area contributed by atoms with Gasteiger partial charge in [-0.2, -0.15) is 0 Å². The molecule has 1 amide bonds. The first-order chi connectivity index (χ1) is 12.9. The molecule has 2 aromatic rings. The molecule has 0 saturated heterocycles. The Hall–Kier alpha value is -2.05. The Labute approximate surface area is 169 Å². The summed E-state index contributed by atoms with van der Waals surface area (Å²) in [5.41, 5.74) is 1.61. The zero-order valence-electron chi connectivity index (χ0n) is 16.3. The van der Waals surface area contributed by atoms with Crippen LogP contribution in [0, 0.1) is 0 Å². The Morgan fingerprint density at radius 1 is 1.15 bits per heavy atom. The maximum absolute atomic E-state index is 12.5. The number of carbonyl (C=O) groups excluding carboxylic acids is 1. The van der Waals surface area contributed by atoms with Crippen LogP contribution in [0.15, 0.2) is 46.9 Å². The number of amides is 1. The molecule has 0 fully saturated rings. The Kier molecular flexibility index (Phi) is 8.13. The van der Waals surface area contributed by atoms with Gasteiger partial charge in [-0.25, -0.2) is 0 Å². The predicted octanol–water partition coefficient (Wildman–Crippen LogP) is 4.11. The molecule has 146 valence electrons. The molecule has 0 bridgehead atoms. The first-order valence-electron chi connectivity index (χ1n) is 8.90. The topological polar surface area (TPSA) is 50.8 Å². The van der Waals surface area contributed by atoms with E-state index >= 15 is 0 Å². The number of benzene rings is 2. The third kappa shape index (κ3) is 6.88. The molecule has 6 heteroatoms. The third-order valence-corrected chi connectivity index (χ3v) is 4.65. The summed E-state index contributed by atoms with van der Waals surface area (Å²) in [5, 5.41) is 3.02. The molecule has 0 aromatic heterocycles. The number of rotatable bonds is 9. The highest BCUT2D eigenvalue weighted by Gasteiger charge is 2.14. The van der Waals surface area contributed by atoms with Crippen LogP contribution in [0.3, 0.4) is 0 Å². The highest BCUT2D eigenvalue weighted by Crippen LogP contribution is 2.29. The quantitative estimate of drug-likeness (QED) is 0.644. The molecule has 0 heterocycles. The summed E-state index contributed by atoms with van der Waals surface area (Å²) >= 11 is 3.42. The number of halogens is 1. The number of nitrogens with one attached hydrogen (secondary N) is 1. The molecule has 1 unspecified atom stereocenters. The number of methoxy groups -OCH3 is 1. The van der Waals surface area contributed by atoms with Crippen LogP contribution >= 0.6 is 15.9 Å². The van der Waals surface area contributed by atoms with E-state index in [2.05, 4.69) is 26.1 Å². The number of carbonyl (C=O) groups is 1. The van der Waals surface area contributed by atoms with Crippen LogP contribution in [0.4, 0.5) is 0 Å². The molecule has 2 aromatic carbocycles. The van der Waals surface area contributed by atoms with Crippen molar-refractivity contribution in [3.63, 3.8) is 0 Å². The van der Waals surface area contributed by atoms with Gasteiger partial charge in [0, 0.05) is 16.1 Å². The summed E-state index contributed by atoms with van der Waals surface area (Å²) in [5.74, 6) is 1.04. The van der Waals surface area contributed by atoms with Gasteiger partial charge in [0.1, 0.15) is 6.61 Å². The van der Waals surface area contributed by atoms with E-state index in [-0.39, 0.29) is 11.9 Å². The molecular weight excluding hydrogens is 408 g/mol. The lowest BCUT2D eigenvalue weighted by atomic mass is 10.1. The highest BCUT2D eigenvalue weighted by molar-refractivity contribution is 9.10. The molecule has 2 rings (SSSR count). The van der Waals surface area contributed by atoms with Crippen LogP contribution in [0.5, 0.6) is 11.5 Å². The van der Waals surface area contributed by atoms with Gasteiger partial charge in [0.15, 0.2) is 11.5 Å². The minimum absolute atomic E-state index is 0.0965. The van der Waals surface area contributed by atoms with E-state index in [9.17, 15) is 4.79 Å². The SMILES string of the molecule is COc1cc(C(=O)NC(C)CCN(C)C)ccc1OCc1ccc(Br)cc1. The first-order valence-corrected chi connectivity index (χ1v) is 9.69. The fourth-order valence-corrected chi connectivity index (χ4v) is 2.77. The van der Waals surface area contributed by atoms with Crippen LogP contribution in [0.25, 0.3) is 0 Å². The average Bonchev–Trinajstić information content (AvgIpc) is 2.65. The van der Waals surface area contributed by atoms with Crippen LogP contribution in [-0.2, 0) is 6.61 Å². The number of hydrogen-bond acceptors (Lipinski definition) is 4. The summed E-state index contributed by atoms with van der Waals surface area (Å²) < 4.78 is 12.3. The predicted molar refractivity (Wildman–Crippen MR) is 112 cm³/mol. The van der Waals surface area contributed by atoms with Gasteiger partial charge >= 0.3 is 0 Å². The summed E-state index contributed by atoms with van der Waals surface area (Å²) in [7, 11) is 5.61. The Morgan fingerprint density at radius 2 is 1.85 bits per heavy atom. The molecule has 5 nitrogen and oxygen atoms in total. The average molecular weight is 435 g/mol. The zero-order valence-corrected chi connectivity index (χ0v) is 17.9. The summed E-state index contributed by atoms with van der Waals surface area (Å²) in [6.45, 7) is 3.36. The van der Waals surface area contributed by atoms with E-state index in [0.29, 0.717) is 23.7 Å². The second kappa shape index (κ2) is 10.3. The fourth-order valence-electron chi connectivity index (χ4n) is 2.50. The Morgan fingerprint density at radius 3 is 2.48 bits per heavy atom. The van der Waals surface area contributed by atoms with Crippen molar-refractivity contribution in [2.75, 3.05) is 27.7 Å². The van der Waals surface area contributed by atoms with Gasteiger partial charge in [0.2, 0.25) is 0 Å². The van der Waals surface area contributed by atoms with Crippen molar-refractivity contribution < 1.29 is 14.3 Å². The van der Waals surface area contributed by atoms with E-state index in [1.807, 2.05) is 45.3 Å². The fraction of sp³-hybridized carbons (Fsp3) is 0.381. The van der Waals surface area contributed by atoms with E-state index in [4.69, 9.17) is 9.47 Å². The van der Waals surface area contributed by atoms with Crippen LogP contribution in [0.2, 0.25) is 0 Å². The van der Waals surface area contributed by atoms with Crippen molar-refractivity contribution in [1.29, 1.82) is 0 Å². The minimum Gasteiger partial charge on any atom is -0.493 e. The lowest BCUT2D eigenvalue weighted by Gasteiger charge is -2.17. The molecular formula is C21H27BrN2O3. The maximum Gasteiger partial charge on any atom is 0.251 e. The number of ether oxygens (including phenoxy) is 2. The normalized spacial score (nSPS) is 11.9. The van der Waals surface area contributed by atoms with Crippen molar-refractivity contribution in [3.05, 3.63) is 58.1 Å². The number of hydrogen-bond donors (Lipinski definition) is 1. The summed E-state index contributed by atoms with van der Waals surface area (Å²) in [6.07, 6.45) is 0.893. The summed E-state index contributed by atoms with van der Waals surface area (Å²) in [4.78, 5) is 14.6. The van der Waals surface area contributed by atoms with E-state index in [1.165, 1.54) is 0 Å². The standard InChI is InChI=1S/C21H27BrN2O3/c1-15(11-12-24(2)3)23-21(25)17-7-10-19(20(13-17)26-4)27-14-16-5-8-18(22)9-6-16/h5-10,13,15H,11-12,14H2,1-4H3,(H,23,25). The third-order valence-electron chi connectivity index (χ3n) is 4.12. The lowest BCUT2D eigenvalue weighted by Crippen LogP contribution is -2.34. The van der Waals surface area contributed by atoms with Gasteiger partial charge < -0.3 is 19.7 Å². The summed E-state index contributed by atoms with van der Waals surface area (Å²) in [6, 6.07) is 13.3. The second-order valence-corrected chi connectivity index (χ2v) is 7.66. The first kappa shape index (κ1) is 21.3. The molecule has 0 aliphatic heterocycles. The van der Waals surface area contributed by atoms with Crippen molar-refractivity contribution in [1.82, 2.24) is 10.2 Å². The molecule has 27 heavy (non-hydrogen) atoms. The smallest absolute Gasteiger partial charge is 0.251 e. The van der Waals surface area contributed by atoms with Crippen molar-refractivity contribution in [2.24, 2.45) is 0 Å². The molecule has 1 N–H and O–H groups in total. The van der Waals surface area contributed by atoms with E-state index in [1.54, 1.807) is 25.3 Å². The maximum atomic E-state index is 12.5. The van der Waals surface area contributed by atoms with Crippen LogP contribution in [-0.4, -0.2) is 44.6 Å². The van der Waals surface area contributed by atoms with Gasteiger partial charge in [-0.1, -0.05) is 28.1 Å². The monoisotopic (exact) mass is 434 g/mol. The lowest BCUT2D eigenvalue weighted by molar-refractivity contribution is 0.0936. The van der Waals surface area contributed by atoms with Gasteiger partial charge in [-0.15, -0.1) is 0 Å². The van der Waals surface area contributed by atoms with E-state index in [0.717, 1.165) is 23.0 Å². The Balaban J connectivity index is 1.99. The van der Waals surface area contributed by atoms with E-state index < -0.39 is 0 Å². The molecule has 0 radical (unpaired) electrons. The van der Waals surface area contributed by atoms with Crippen molar-refractivity contribution >= 4 is 21.8 Å². The minimum atomic E-state index is -0.112. The second-order valence-electron chi connectivity index (χ2n) is 6.75. The van der Waals surface area contributed by atoms with Gasteiger partial charge in [-0.3, -0.25) is 4.79 Å². The molecule has 0 aliphatic rings. The van der Waals surface area contributed by atoms with Crippen LogP contribution < -0.4 is 14.8 Å². The van der Waals surface area contributed by atoms with Gasteiger partial charge in [0.25, 0.3) is 5.91 Å². The molecule has 1 atom stereocenters. The molecule has 0 spiro atoms. The highest BCUT2D eigenvalue weighted by atomic mass is 79.9. The van der Waals surface area contributed by atoms with Crippen molar-refractivity contribution in [2.45, 2.75) is 26.0 Å². The zero-order chi connectivity index (χ0) is 19.8. The Bertz CT molecular complexity index is 748. The molecule has 0 aliphatic carbocycles.